The Kier molecular flexibility index (Phi) is 4.44. The molecule has 0 unspecified atom stereocenters. The minimum atomic E-state index is 0.0790. The SMILES string of the molecule is Cc1ccc(C(=O)N2CC[C@H](n3cc(-c4nc(-c5ccccc5)no4)nn3)C2)s1. The van der Waals surface area contributed by atoms with E-state index >= 15 is 0 Å². The molecule has 0 spiro atoms. The van der Waals surface area contributed by atoms with E-state index in [2.05, 4.69) is 20.5 Å². The molecule has 8 nitrogen and oxygen atoms in total. The quantitative estimate of drug-likeness (QED) is 0.516. The van der Waals surface area contributed by atoms with Gasteiger partial charge in [-0.2, -0.15) is 4.98 Å². The van der Waals surface area contributed by atoms with Crippen LogP contribution in [0.4, 0.5) is 0 Å². The predicted octanol–water partition coefficient (Wildman–Crippen LogP) is 3.45. The van der Waals surface area contributed by atoms with Crippen molar-refractivity contribution < 1.29 is 9.32 Å². The summed E-state index contributed by atoms with van der Waals surface area (Å²) in [6, 6.07) is 13.6. The Bertz CT molecular complexity index is 1150. The molecule has 1 amide bonds. The molecule has 146 valence electrons. The summed E-state index contributed by atoms with van der Waals surface area (Å²) >= 11 is 1.53. The zero-order valence-corrected chi connectivity index (χ0v) is 16.5. The maximum absolute atomic E-state index is 12.7. The summed E-state index contributed by atoms with van der Waals surface area (Å²) in [5.74, 6) is 0.921. The molecule has 0 saturated carbocycles. The fraction of sp³-hybridized carbons (Fsp3) is 0.250. The van der Waals surface area contributed by atoms with Crippen molar-refractivity contribution in [2.45, 2.75) is 19.4 Å². The Balaban J connectivity index is 1.30. The topological polar surface area (TPSA) is 89.9 Å². The molecule has 0 radical (unpaired) electrons. The van der Waals surface area contributed by atoms with E-state index in [1.165, 1.54) is 11.3 Å². The maximum Gasteiger partial charge on any atom is 0.280 e. The number of nitrogens with zero attached hydrogens (tertiary/aromatic N) is 6. The molecule has 4 aromatic rings. The summed E-state index contributed by atoms with van der Waals surface area (Å²) in [6.07, 6.45) is 2.63. The van der Waals surface area contributed by atoms with E-state index in [1.54, 1.807) is 10.9 Å². The smallest absolute Gasteiger partial charge is 0.280 e. The number of carbonyl (C=O) groups is 1. The van der Waals surface area contributed by atoms with Gasteiger partial charge in [-0.15, -0.1) is 16.4 Å². The molecule has 0 bridgehead atoms. The van der Waals surface area contributed by atoms with Crippen molar-refractivity contribution in [2.75, 3.05) is 13.1 Å². The Morgan fingerprint density at radius 1 is 1.21 bits per heavy atom. The van der Waals surface area contributed by atoms with Crippen LogP contribution in [0.25, 0.3) is 23.0 Å². The van der Waals surface area contributed by atoms with Gasteiger partial charge in [-0.1, -0.05) is 40.7 Å². The lowest BCUT2D eigenvalue weighted by Crippen LogP contribution is -2.28. The monoisotopic (exact) mass is 406 g/mol. The summed E-state index contributed by atoms with van der Waals surface area (Å²) in [5, 5.41) is 12.4. The second kappa shape index (κ2) is 7.25. The first-order valence-electron chi connectivity index (χ1n) is 9.34. The first-order chi connectivity index (χ1) is 14.2. The number of rotatable bonds is 4. The number of carbonyl (C=O) groups excluding carboxylic acids is 1. The third kappa shape index (κ3) is 3.44. The van der Waals surface area contributed by atoms with Crippen LogP contribution in [0.5, 0.6) is 0 Å². The number of thiophene rings is 1. The molecule has 5 rings (SSSR count). The number of hydrogen-bond donors (Lipinski definition) is 0. The minimum absolute atomic E-state index is 0.0790. The molecular formula is C20H18N6O2S. The molecule has 4 heterocycles. The van der Waals surface area contributed by atoms with Gasteiger partial charge in [0.15, 0.2) is 5.69 Å². The van der Waals surface area contributed by atoms with Crippen LogP contribution in [0.2, 0.25) is 0 Å². The Hall–Kier alpha value is -3.33. The number of likely N-dealkylation sites (tertiary alicyclic amines) is 1. The van der Waals surface area contributed by atoms with Crippen molar-refractivity contribution in [2.24, 2.45) is 0 Å². The molecule has 9 heteroatoms. The summed E-state index contributed by atoms with van der Waals surface area (Å²) in [6.45, 7) is 3.32. The molecule has 29 heavy (non-hydrogen) atoms. The summed E-state index contributed by atoms with van der Waals surface area (Å²) < 4.78 is 7.15. The summed E-state index contributed by atoms with van der Waals surface area (Å²) in [7, 11) is 0. The molecule has 0 N–H and O–H groups in total. The maximum atomic E-state index is 12.7. The highest BCUT2D eigenvalue weighted by atomic mass is 32.1. The van der Waals surface area contributed by atoms with Gasteiger partial charge in [-0.05, 0) is 25.5 Å². The molecule has 1 aromatic carbocycles. The van der Waals surface area contributed by atoms with Gasteiger partial charge in [0, 0.05) is 23.5 Å². The summed E-state index contributed by atoms with van der Waals surface area (Å²) in [5.41, 5.74) is 1.40. The van der Waals surface area contributed by atoms with Gasteiger partial charge in [-0.25, -0.2) is 4.68 Å². The second-order valence-corrected chi connectivity index (χ2v) is 8.26. The molecule has 1 aliphatic heterocycles. The van der Waals surface area contributed by atoms with Crippen molar-refractivity contribution in [3.8, 4) is 23.0 Å². The lowest BCUT2D eigenvalue weighted by Gasteiger charge is -2.15. The van der Waals surface area contributed by atoms with E-state index in [1.807, 2.05) is 54.3 Å². The van der Waals surface area contributed by atoms with Gasteiger partial charge in [0.25, 0.3) is 11.8 Å². The van der Waals surface area contributed by atoms with Gasteiger partial charge in [0.1, 0.15) is 0 Å². The third-order valence-electron chi connectivity index (χ3n) is 4.96. The van der Waals surface area contributed by atoms with Crippen molar-refractivity contribution in [1.29, 1.82) is 0 Å². The average molecular weight is 406 g/mol. The fourth-order valence-electron chi connectivity index (χ4n) is 3.43. The van der Waals surface area contributed by atoms with Crippen LogP contribution in [-0.2, 0) is 0 Å². The van der Waals surface area contributed by atoms with E-state index in [0.717, 1.165) is 21.7 Å². The Labute approximate surface area is 170 Å². The molecular weight excluding hydrogens is 388 g/mol. The van der Waals surface area contributed by atoms with Crippen LogP contribution in [0.1, 0.15) is 27.0 Å². The van der Waals surface area contributed by atoms with Crippen LogP contribution >= 0.6 is 11.3 Å². The van der Waals surface area contributed by atoms with Gasteiger partial charge in [0.2, 0.25) is 5.82 Å². The fourth-order valence-corrected chi connectivity index (χ4v) is 4.27. The van der Waals surface area contributed by atoms with Gasteiger partial charge in [-0.3, -0.25) is 4.79 Å². The van der Waals surface area contributed by atoms with E-state index in [9.17, 15) is 4.79 Å². The van der Waals surface area contributed by atoms with Crippen LogP contribution in [0.3, 0.4) is 0 Å². The zero-order valence-electron chi connectivity index (χ0n) is 15.7. The molecule has 1 aliphatic rings. The first-order valence-corrected chi connectivity index (χ1v) is 10.2. The lowest BCUT2D eigenvalue weighted by atomic mass is 10.2. The Morgan fingerprint density at radius 2 is 2.07 bits per heavy atom. The summed E-state index contributed by atoms with van der Waals surface area (Å²) in [4.78, 5) is 20.9. The van der Waals surface area contributed by atoms with Crippen LogP contribution in [0.15, 0.2) is 53.2 Å². The van der Waals surface area contributed by atoms with E-state index < -0.39 is 0 Å². The number of benzene rings is 1. The van der Waals surface area contributed by atoms with Crippen molar-refractivity contribution in [1.82, 2.24) is 30.0 Å². The van der Waals surface area contributed by atoms with E-state index in [4.69, 9.17) is 4.52 Å². The number of hydrogen-bond acceptors (Lipinski definition) is 7. The standard InChI is InChI=1S/C20H18N6O2S/c1-13-7-8-17(29-13)20(27)25-10-9-15(11-25)26-12-16(22-24-26)19-21-18(23-28-19)14-5-3-2-4-6-14/h2-8,12,15H,9-11H2,1H3/t15-/m0/s1. The second-order valence-electron chi connectivity index (χ2n) is 6.98. The molecule has 0 aliphatic carbocycles. The first kappa shape index (κ1) is 17.7. The highest BCUT2D eigenvalue weighted by Crippen LogP contribution is 2.26. The molecule has 1 fully saturated rings. The zero-order chi connectivity index (χ0) is 19.8. The van der Waals surface area contributed by atoms with Gasteiger partial charge < -0.3 is 9.42 Å². The molecule has 3 aromatic heterocycles. The number of aryl methyl sites for hydroxylation is 1. The number of aromatic nitrogens is 5. The van der Waals surface area contributed by atoms with Crippen molar-refractivity contribution in [3.63, 3.8) is 0 Å². The van der Waals surface area contributed by atoms with Crippen LogP contribution in [-0.4, -0.2) is 49.0 Å². The highest BCUT2D eigenvalue weighted by Gasteiger charge is 2.30. The average Bonchev–Trinajstić information content (AvgIpc) is 3.54. The van der Waals surface area contributed by atoms with Crippen molar-refractivity contribution in [3.05, 3.63) is 58.4 Å². The highest BCUT2D eigenvalue weighted by molar-refractivity contribution is 7.13. The minimum Gasteiger partial charge on any atom is -0.336 e. The molecule has 1 saturated heterocycles. The van der Waals surface area contributed by atoms with E-state index in [0.29, 0.717) is 30.5 Å². The van der Waals surface area contributed by atoms with Crippen molar-refractivity contribution >= 4 is 17.2 Å². The van der Waals surface area contributed by atoms with Gasteiger partial charge >= 0.3 is 0 Å². The van der Waals surface area contributed by atoms with E-state index in [-0.39, 0.29) is 11.9 Å². The normalized spacial score (nSPS) is 16.4. The Morgan fingerprint density at radius 3 is 2.86 bits per heavy atom. The largest absolute Gasteiger partial charge is 0.336 e. The lowest BCUT2D eigenvalue weighted by molar-refractivity contribution is 0.0791. The molecule has 1 atom stereocenters. The van der Waals surface area contributed by atoms with Gasteiger partial charge in [0.05, 0.1) is 17.1 Å². The van der Waals surface area contributed by atoms with Crippen LogP contribution < -0.4 is 0 Å². The third-order valence-corrected chi connectivity index (χ3v) is 5.95. The predicted molar refractivity (Wildman–Crippen MR) is 107 cm³/mol. The van der Waals surface area contributed by atoms with Crippen LogP contribution in [0, 0.1) is 6.92 Å². The number of amides is 1.